The summed E-state index contributed by atoms with van der Waals surface area (Å²) in [7, 11) is -5.70. The van der Waals surface area contributed by atoms with Crippen LogP contribution in [-0.4, -0.2) is 31.6 Å². The molecule has 11 heteroatoms. The van der Waals surface area contributed by atoms with Crippen molar-refractivity contribution in [2.75, 3.05) is 0 Å². The third-order valence-corrected chi connectivity index (χ3v) is 2.24. The van der Waals surface area contributed by atoms with Gasteiger partial charge in [0.25, 0.3) is 0 Å². The van der Waals surface area contributed by atoms with Crippen molar-refractivity contribution >= 4 is 22.1 Å². The lowest BCUT2D eigenvalue weighted by atomic mass is 10.2. The molecule has 0 bridgehead atoms. The number of ether oxygens (including phenoxy) is 1. The van der Waals surface area contributed by atoms with E-state index in [1.165, 1.54) is 20.8 Å². The molecule has 7 nitrogen and oxygen atoms in total. The fourth-order valence-corrected chi connectivity index (χ4v) is 1.04. The summed E-state index contributed by atoms with van der Waals surface area (Å²) in [5.41, 5.74) is -1.66. The van der Waals surface area contributed by atoms with E-state index < -0.39 is 33.2 Å². The van der Waals surface area contributed by atoms with Gasteiger partial charge in [0.15, 0.2) is 0 Å². The highest BCUT2D eigenvalue weighted by molar-refractivity contribution is 7.90. The third kappa shape index (κ3) is 5.70. The van der Waals surface area contributed by atoms with Gasteiger partial charge < -0.3 is 10.5 Å². The molecule has 0 heterocycles. The van der Waals surface area contributed by atoms with E-state index in [1.54, 1.807) is 0 Å². The van der Waals surface area contributed by atoms with E-state index in [1.807, 2.05) is 0 Å². The lowest BCUT2D eigenvalue weighted by molar-refractivity contribution is -0.0442. The van der Waals surface area contributed by atoms with Crippen LogP contribution in [0.4, 0.5) is 18.0 Å². The van der Waals surface area contributed by atoms with Gasteiger partial charge in [0, 0.05) is 0 Å². The topological polar surface area (TPSA) is 111 Å². The monoisotopic (exact) mass is 291 g/mol. The molecule has 0 saturated heterocycles. The predicted octanol–water partition coefficient (Wildman–Crippen LogP) is 0.675. The maximum atomic E-state index is 11.9. The summed E-state index contributed by atoms with van der Waals surface area (Å²) >= 11 is 0. The van der Waals surface area contributed by atoms with Gasteiger partial charge in [-0.15, -0.1) is 4.99 Å². The minimum absolute atomic E-state index is 0.887. The average Bonchev–Trinajstić information content (AvgIpc) is 1.94. The highest BCUT2D eigenvalue weighted by Crippen LogP contribution is 2.21. The van der Waals surface area contributed by atoms with Crippen LogP contribution < -0.4 is 10.5 Å². The van der Waals surface area contributed by atoms with Crippen molar-refractivity contribution < 1.29 is 31.1 Å². The van der Waals surface area contributed by atoms with Crippen LogP contribution in [0.3, 0.4) is 0 Å². The van der Waals surface area contributed by atoms with Crippen LogP contribution in [0.25, 0.3) is 0 Å². The number of guanidine groups is 1. The average molecular weight is 291 g/mol. The molecule has 0 unspecified atom stereocenters. The van der Waals surface area contributed by atoms with Crippen molar-refractivity contribution in [3.8, 4) is 0 Å². The lowest BCUT2D eigenvalue weighted by Gasteiger charge is -2.17. The number of carbonyl (C=O) groups is 1. The molecule has 0 radical (unpaired) electrons. The molecule has 0 aliphatic carbocycles. The van der Waals surface area contributed by atoms with Gasteiger partial charge in [-0.1, -0.05) is 0 Å². The number of nitrogens with zero attached hydrogens (tertiary/aromatic N) is 1. The van der Waals surface area contributed by atoms with Crippen LogP contribution in [0.1, 0.15) is 20.8 Å². The molecule has 3 N–H and O–H groups in total. The fourth-order valence-electron chi connectivity index (χ4n) is 0.601. The molecule has 0 aromatic rings. The summed E-state index contributed by atoms with van der Waals surface area (Å²) in [6.45, 7) is 4.45. The summed E-state index contributed by atoms with van der Waals surface area (Å²) in [5.74, 6) is -1.23. The largest absolute Gasteiger partial charge is 0.516 e. The molecule has 18 heavy (non-hydrogen) atoms. The molecule has 0 aromatic heterocycles. The Hall–Kier alpha value is -1.52. The Balaban J connectivity index is 4.80. The van der Waals surface area contributed by atoms with E-state index >= 15 is 0 Å². The maximum Gasteiger partial charge on any atom is 0.516 e. The second-order valence-corrected chi connectivity index (χ2v) is 5.70. The smallest absolute Gasteiger partial charge is 0.442 e. The lowest BCUT2D eigenvalue weighted by Crippen LogP contribution is -2.44. The first-order valence-electron chi connectivity index (χ1n) is 4.41. The summed E-state index contributed by atoms with van der Waals surface area (Å²) in [4.78, 5) is 13.8. The third-order valence-electron chi connectivity index (χ3n) is 1.15. The van der Waals surface area contributed by atoms with Gasteiger partial charge in [0.2, 0.25) is 5.96 Å². The number of nitrogens with two attached hydrogens (primary N) is 1. The Morgan fingerprint density at radius 2 is 1.72 bits per heavy atom. The Kier molecular flexibility index (Phi) is 4.58. The minimum atomic E-state index is -5.70. The van der Waals surface area contributed by atoms with Gasteiger partial charge in [-0.05, 0) is 20.8 Å². The first kappa shape index (κ1) is 16.5. The van der Waals surface area contributed by atoms with Crippen molar-refractivity contribution in [2.45, 2.75) is 31.9 Å². The zero-order valence-electron chi connectivity index (χ0n) is 9.70. The van der Waals surface area contributed by atoms with Crippen LogP contribution in [-0.2, 0) is 14.8 Å². The highest BCUT2D eigenvalue weighted by atomic mass is 32.2. The molecule has 0 atom stereocenters. The quantitative estimate of drug-likeness (QED) is 0.545. The van der Waals surface area contributed by atoms with Gasteiger partial charge in [-0.2, -0.15) is 21.6 Å². The van der Waals surface area contributed by atoms with Crippen LogP contribution in [0, 0.1) is 0 Å². The molecule has 0 spiro atoms. The molecular formula is C7H12F3N3O4S. The summed E-state index contributed by atoms with van der Waals surface area (Å²) < 4.78 is 62.4. The highest BCUT2D eigenvalue weighted by Gasteiger charge is 2.46. The van der Waals surface area contributed by atoms with E-state index in [2.05, 4.69) is 9.73 Å². The Bertz CT molecular complexity index is 450. The number of nitrogens with one attached hydrogen (secondary N) is 1. The number of sulfonamides is 1. The number of aliphatic imine (C=N–C) groups is 1. The summed E-state index contributed by atoms with van der Waals surface area (Å²) in [6.07, 6.45) is -1.31. The van der Waals surface area contributed by atoms with Gasteiger partial charge >= 0.3 is 21.6 Å². The van der Waals surface area contributed by atoms with Gasteiger partial charge in [0.1, 0.15) is 5.60 Å². The fraction of sp³-hybridized carbons (Fsp3) is 0.714. The number of halogens is 3. The zero-order valence-corrected chi connectivity index (χ0v) is 10.5. The first-order valence-corrected chi connectivity index (χ1v) is 5.89. The second-order valence-electron chi connectivity index (χ2n) is 4.03. The molecule has 0 rings (SSSR count). The standard InChI is InChI=1S/C7H12F3N3O4S/c1-6(2,3)17-5(14)12-4(11)13-18(15,16)7(8,9)10/h1-3H3,(H3,11,12,13,14). The molecule has 1 amide bonds. The Morgan fingerprint density at radius 3 is 2.06 bits per heavy atom. The van der Waals surface area contributed by atoms with E-state index in [4.69, 9.17) is 5.73 Å². The van der Waals surface area contributed by atoms with Crippen molar-refractivity contribution in [1.82, 2.24) is 4.72 Å². The predicted molar refractivity (Wildman–Crippen MR) is 56.0 cm³/mol. The van der Waals surface area contributed by atoms with Crippen molar-refractivity contribution in [2.24, 2.45) is 10.7 Å². The normalized spacial score (nSPS) is 14.2. The van der Waals surface area contributed by atoms with Crippen molar-refractivity contribution in [3.63, 3.8) is 0 Å². The number of rotatable bonds is 1. The second kappa shape index (κ2) is 5.00. The number of alkyl halides is 3. The van der Waals surface area contributed by atoms with Crippen LogP contribution in [0.2, 0.25) is 0 Å². The number of hydrogen-bond donors (Lipinski definition) is 2. The summed E-state index contributed by atoms with van der Waals surface area (Å²) in [6, 6.07) is 0. The first-order chi connectivity index (χ1) is 7.74. The summed E-state index contributed by atoms with van der Waals surface area (Å²) in [5, 5.41) is 0. The number of hydrogen-bond acceptors (Lipinski definition) is 4. The molecule has 0 fully saturated rings. The molecule has 0 saturated carbocycles. The van der Waals surface area contributed by atoms with E-state index in [0.29, 0.717) is 0 Å². The molecule has 0 aliphatic heterocycles. The Morgan fingerprint density at radius 1 is 1.28 bits per heavy atom. The van der Waals surface area contributed by atoms with E-state index in [9.17, 15) is 26.4 Å². The minimum Gasteiger partial charge on any atom is -0.442 e. The van der Waals surface area contributed by atoms with Crippen LogP contribution in [0.5, 0.6) is 0 Å². The van der Waals surface area contributed by atoms with Crippen LogP contribution in [0.15, 0.2) is 4.99 Å². The van der Waals surface area contributed by atoms with Crippen molar-refractivity contribution in [3.05, 3.63) is 0 Å². The Labute approximate surface area is 101 Å². The molecule has 0 aliphatic rings. The van der Waals surface area contributed by atoms with Crippen LogP contribution >= 0.6 is 0 Å². The molecule has 0 aromatic carbocycles. The number of amides is 1. The zero-order chi connectivity index (χ0) is 14.8. The SMILES string of the molecule is CC(C)(C)OC(=O)N=C(N)NS(=O)(=O)C(F)(F)F. The van der Waals surface area contributed by atoms with E-state index in [0.717, 1.165) is 4.72 Å². The van der Waals surface area contributed by atoms with Gasteiger partial charge in [-0.3, -0.25) is 0 Å². The van der Waals surface area contributed by atoms with Crippen molar-refractivity contribution in [1.29, 1.82) is 0 Å². The molecular weight excluding hydrogens is 279 g/mol. The van der Waals surface area contributed by atoms with E-state index in [-0.39, 0.29) is 0 Å². The van der Waals surface area contributed by atoms with Gasteiger partial charge in [-0.25, -0.2) is 9.52 Å². The molecule has 106 valence electrons. The maximum absolute atomic E-state index is 11.9. The van der Waals surface area contributed by atoms with Gasteiger partial charge in [0.05, 0.1) is 0 Å². The number of carbonyl (C=O) groups excluding carboxylic acids is 1.